The van der Waals surface area contributed by atoms with E-state index in [9.17, 15) is 9.59 Å². The highest BCUT2D eigenvalue weighted by atomic mass is 16.1. The van der Waals surface area contributed by atoms with Crippen molar-refractivity contribution in [2.45, 2.75) is 33.2 Å². The van der Waals surface area contributed by atoms with Gasteiger partial charge in [0.05, 0.1) is 22.3 Å². The molecule has 1 amide bonds. The SMILES string of the molecule is Cc1nn(-c2ccccc2)c(C)c1CNC(=O)CCc1nc2ccccc2c(=O)n1C. The number of aryl methyl sites for hydroxylation is 2. The molecule has 0 fully saturated rings. The maximum atomic E-state index is 12.5. The van der Waals surface area contributed by atoms with Gasteiger partial charge in [-0.3, -0.25) is 14.2 Å². The van der Waals surface area contributed by atoms with Gasteiger partial charge in [0.15, 0.2) is 0 Å². The van der Waals surface area contributed by atoms with Crippen molar-refractivity contribution in [2.75, 3.05) is 0 Å². The van der Waals surface area contributed by atoms with E-state index in [1.54, 1.807) is 13.1 Å². The van der Waals surface area contributed by atoms with Crippen LogP contribution in [0, 0.1) is 13.8 Å². The predicted molar refractivity (Wildman–Crippen MR) is 120 cm³/mol. The average Bonchev–Trinajstić information content (AvgIpc) is 3.07. The number of carbonyl (C=O) groups excluding carboxylic acids is 1. The number of hydrogen-bond acceptors (Lipinski definition) is 4. The molecule has 0 saturated carbocycles. The molecule has 7 heteroatoms. The van der Waals surface area contributed by atoms with E-state index in [0.717, 1.165) is 22.6 Å². The number of aromatic nitrogens is 4. The van der Waals surface area contributed by atoms with Crippen LogP contribution in [0.15, 0.2) is 59.4 Å². The molecule has 2 heterocycles. The van der Waals surface area contributed by atoms with Gasteiger partial charge in [-0.25, -0.2) is 9.67 Å². The van der Waals surface area contributed by atoms with Crippen LogP contribution in [0.25, 0.3) is 16.6 Å². The third-order valence-corrected chi connectivity index (χ3v) is 5.56. The lowest BCUT2D eigenvalue weighted by Crippen LogP contribution is -2.26. The molecule has 0 unspecified atom stereocenters. The van der Waals surface area contributed by atoms with Crippen LogP contribution in [0.3, 0.4) is 0 Å². The van der Waals surface area contributed by atoms with Crippen LogP contribution in [0.2, 0.25) is 0 Å². The first-order chi connectivity index (χ1) is 15.0. The topological polar surface area (TPSA) is 81.8 Å². The fraction of sp³-hybridized carbons (Fsp3) is 0.250. The van der Waals surface area contributed by atoms with E-state index in [4.69, 9.17) is 0 Å². The minimum absolute atomic E-state index is 0.0892. The van der Waals surface area contributed by atoms with Gasteiger partial charge >= 0.3 is 0 Å². The standard InChI is InChI=1S/C24H25N5O2/c1-16-20(17(2)29(27-16)18-9-5-4-6-10-18)15-25-23(30)14-13-22-26-21-12-8-7-11-19(21)24(31)28(22)3/h4-12H,13-15H2,1-3H3,(H,25,30). The minimum atomic E-state index is -0.0967. The Labute approximate surface area is 180 Å². The van der Waals surface area contributed by atoms with Crippen LogP contribution >= 0.6 is 0 Å². The Hall–Kier alpha value is -3.74. The first kappa shape index (κ1) is 20.5. The Kier molecular flexibility index (Phi) is 5.66. The van der Waals surface area contributed by atoms with Gasteiger partial charge in [0, 0.05) is 37.7 Å². The second kappa shape index (κ2) is 8.55. The summed E-state index contributed by atoms with van der Waals surface area (Å²) in [6, 6.07) is 17.2. The first-order valence-corrected chi connectivity index (χ1v) is 10.3. The Balaban J connectivity index is 1.43. The number of rotatable bonds is 6. The predicted octanol–water partition coefficient (Wildman–Crippen LogP) is 2.99. The lowest BCUT2D eigenvalue weighted by atomic mass is 10.2. The van der Waals surface area contributed by atoms with E-state index < -0.39 is 0 Å². The molecule has 0 saturated heterocycles. The monoisotopic (exact) mass is 415 g/mol. The summed E-state index contributed by atoms with van der Waals surface area (Å²) in [7, 11) is 1.69. The third kappa shape index (κ3) is 4.12. The quantitative estimate of drug-likeness (QED) is 0.525. The van der Waals surface area contributed by atoms with Gasteiger partial charge in [-0.15, -0.1) is 0 Å². The fourth-order valence-electron chi connectivity index (χ4n) is 3.74. The Morgan fingerprint density at radius 1 is 1.03 bits per heavy atom. The van der Waals surface area contributed by atoms with E-state index in [0.29, 0.717) is 29.7 Å². The second-order valence-electron chi connectivity index (χ2n) is 7.58. The summed E-state index contributed by atoms with van der Waals surface area (Å²) in [6.45, 7) is 4.36. The van der Waals surface area contributed by atoms with Crippen molar-refractivity contribution < 1.29 is 4.79 Å². The van der Waals surface area contributed by atoms with Crippen molar-refractivity contribution in [3.05, 3.63) is 87.7 Å². The van der Waals surface area contributed by atoms with E-state index in [2.05, 4.69) is 15.4 Å². The summed E-state index contributed by atoms with van der Waals surface area (Å²) in [4.78, 5) is 29.6. The molecular weight excluding hydrogens is 390 g/mol. The number of nitrogens with zero attached hydrogens (tertiary/aromatic N) is 4. The molecule has 0 aliphatic heterocycles. The molecule has 0 radical (unpaired) electrons. The molecule has 31 heavy (non-hydrogen) atoms. The van der Waals surface area contributed by atoms with Crippen molar-refractivity contribution in [1.82, 2.24) is 24.6 Å². The lowest BCUT2D eigenvalue weighted by molar-refractivity contribution is -0.121. The van der Waals surface area contributed by atoms with Crippen LogP contribution in [0.1, 0.15) is 29.2 Å². The maximum Gasteiger partial charge on any atom is 0.261 e. The zero-order valence-corrected chi connectivity index (χ0v) is 17.9. The van der Waals surface area contributed by atoms with Crippen LogP contribution in [0.5, 0.6) is 0 Å². The molecule has 158 valence electrons. The van der Waals surface area contributed by atoms with Crippen molar-refractivity contribution >= 4 is 16.8 Å². The van der Waals surface area contributed by atoms with E-state index in [1.807, 2.05) is 67.1 Å². The molecule has 4 rings (SSSR count). The van der Waals surface area contributed by atoms with Gasteiger partial charge in [-0.2, -0.15) is 5.10 Å². The smallest absolute Gasteiger partial charge is 0.261 e. The van der Waals surface area contributed by atoms with Gasteiger partial charge in [-0.05, 0) is 38.1 Å². The average molecular weight is 415 g/mol. The summed E-state index contributed by atoms with van der Waals surface area (Å²) < 4.78 is 3.42. The molecule has 2 aromatic heterocycles. The summed E-state index contributed by atoms with van der Waals surface area (Å²) in [5, 5.41) is 8.18. The van der Waals surface area contributed by atoms with Crippen molar-refractivity contribution in [2.24, 2.45) is 7.05 Å². The maximum absolute atomic E-state index is 12.5. The van der Waals surface area contributed by atoms with Gasteiger partial charge in [-0.1, -0.05) is 30.3 Å². The van der Waals surface area contributed by atoms with Crippen LogP contribution < -0.4 is 10.9 Å². The Morgan fingerprint density at radius 3 is 2.52 bits per heavy atom. The molecule has 0 bridgehead atoms. The molecule has 0 spiro atoms. The van der Waals surface area contributed by atoms with Crippen molar-refractivity contribution in [1.29, 1.82) is 0 Å². The number of para-hydroxylation sites is 2. The minimum Gasteiger partial charge on any atom is -0.352 e. The molecule has 4 aromatic rings. The van der Waals surface area contributed by atoms with Crippen molar-refractivity contribution in [3.63, 3.8) is 0 Å². The van der Waals surface area contributed by atoms with Gasteiger partial charge in [0.25, 0.3) is 5.56 Å². The summed E-state index contributed by atoms with van der Waals surface area (Å²) in [5.74, 6) is 0.511. The van der Waals surface area contributed by atoms with Crippen molar-refractivity contribution in [3.8, 4) is 5.69 Å². The number of fused-ring (bicyclic) bond motifs is 1. The normalized spacial score (nSPS) is 11.1. The Morgan fingerprint density at radius 2 is 1.74 bits per heavy atom. The first-order valence-electron chi connectivity index (χ1n) is 10.3. The largest absolute Gasteiger partial charge is 0.352 e. The number of carbonyl (C=O) groups is 1. The van der Waals surface area contributed by atoms with E-state index in [-0.39, 0.29) is 17.9 Å². The molecule has 2 aromatic carbocycles. The molecule has 0 aliphatic carbocycles. The van der Waals surface area contributed by atoms with Gasteiger partial charge in [0.2, 0.25) is 5.91 Å². The van der Waals surface area contributed by atoms with E-state index >= 15 is 0 Å². The number of hydrogen-bond donors (Lipinski definition) is 1. The number of amides is 1. The van der Waals surface area contributed by atoms with E-state index in [1.165, 1.54) is 4.57 Å². The second-order valence-corrected chi connectivity index (χ2v) is 7.58. The van der Waals surface area contributed by atoms with Gasteiger partial charge in [0.1, 0.15) is 5.82 Å². The highest BCUT2D eigenvalue weighted by Gasteiger charge is 2.14. The molecule has 7 nitrogen and oxygen atoms in total. The lowest BCUT2D eigenvalue weighted by Gasteiger charge is -2.10. The third-order valence-electron chi connectivity index (χ3n) is 5.56. The molecular formula is C24H25N5O2. The van der Waals surface area contributed by atoms with Crippen LogP contribution in [-0.2, 0) is 24.8 Å². The fourth-order valence-corrected chi connectivity index (χ4v) is 3.74. The summed E-state index contributed by atoms with van der Waals surface area (Å²) in [5.41, 5.74) is 4.45. The highest BCUT2D eigenvalue weighted by Crippen LogP contribution is 2.17. The summed E-state index contributed by atoms with van der Waals surface area (Å²) in [6.07, 6.45) is 0.646. The van der Waals surface area contributed by atoms with Crippen LogP contribution in [-0.4, -0.2) is 25.2 Å². The summed E-state index contributed by atoms with van der Waals surface area (Å²) >= 11 is 0. The number of nitrogens with one attached hydrogen (secondary N) is 1. The zero-order valence-electron chi connectivity index (χ0n) is 17.9. The molecule has 1 N–H and O–H groups in total. The van der Waals surface area contributed by atoms with Gasteiger partial charge < -0.3 is 5.32 Å². The number of benzene rings is 2. The van der Waals surface area contributed by atoms with Crippen LogP contribution in [0.4, 0.5) is 0 Å². The molecule has 0 atom stereocenters. The molecule has 0 aliphatic rings. The zero-order chi connectivity index (χ0) is 22.0. The highest BCUT2D eigenvalue weighted by molar-refractivity contribution is 5.78. The Bertz CT molecular complexity index is 1310.